The molecular weight excluding hydrogens is 640 g/mol. The first kappa shape index (κ1) is 49.9. The highest BCUT2D eigenvalue weighted by Crippen LogP contribution is 2.27. The van der Waals surface area contributed by atoms with Crippen molar-refractivity contribution in [3.8, 4) is 0 Å². The van der Waals surface area contributed by atoms with Crippen LogP contribution in [-0.2, 0) is 38.1 Å². The number of hydrogen-bond acceptors (Lipinski definition) is 8. The highest BCUT2D eigenvalue weighted by molar-refractivity contribution is 5.76. The molecule has 0 saturated carbocycles. The molecule has 0 amide bonds. The fourth-order valence-corrected chi connectivity index (χ4v) is 5.07. The van der Waals surface area contributed by atoms with Gasteiger partial charge in [0.15, 0.2) is 0 Å². The zero-order valence-electron chi connectivity index (χ0n) is 33.7. The number of carbonyl (C=O) groups excluding carboxylic acids is 2. The van der Waals surface area contributed by atoms with Gasteiger partial charge in [0, 0.05) is 26.4 Å². The van der Waals surface area contributed by atoms with E-state index in [9.17, 15) is 19.2 Å². The highest BCUT2D eigenvalue weighted by Gasteiger charge is 2.29. The normalized spacial score (nSPS) is 12.2. The predicted octanol–water partition coefficient (Wildman–Crippen LogP) is 9.65. The molecule has 10 nitrogen and oxygen atoms in total. The van der Waals surface area contributed by atoms with Gasteiger partial charge in [-0.3, -0.25) is 19.2 Å². The highest BCUT2D eigenvalue weighted by atomic mass is 16.5. The molecule has 0 rings (SSSR count). The molecule has 2 N–H and O–H groups in total. The van der Waals surface area contributed by atoms with Gasteiger partial charge in [-0.1, -0.05) is 51.4 Å². The first-order chi connectivity index (χ1) is 23.3. The summed E-state index contributed by atoms with van der Waals surface area (Å²) in [7, 11) is 0. The Hall–Kier alpha value is -2.20. The molecule has 10 heteroatoms. The first-order valence-electron chi connectivity index (χ1n) is 19.2. The summed E-state index contributed by atoms with van der Waals surface area (Å²) in [5.74, 6) is -1.68. The third-order valence-corrected chi connectivity index (χ3v) is 9.18. The number of hydrogen-bond donors (Lipinski definition) is 2. The second-order valence-corrected chi connectivity index (χ2v) is 16.1. The fourth-order valence-electron chi connectivity index (χ4n) is 5.07. The van der Waals surface area contributed by atoms with Crippen LogP contribution in [0, 0.1) is 21.7 Å². The van der Waals surface area contributed by atoms with E-state index in [4.69, 9.17) is 29.2 Å². The number of rotatable bonds is 30. The van der Waals surface area contributed by atoms with E-state index in [0.717, 1.165) is 103 Å². The lowest BCUT2D eigenvalue weighted by Gasteiger charge is -2.22. The van der Waals surface area contributed by atoms with Gasteiger partial charge in [-0.05, 0) is 121 Å². The maximum absolute atomic E-state index is 11.8. The van der Waals surface area contributed by atoms with E-state index in [-0.39, 0.29) is 11.9 Å². The van der Waals surface area contributed by atoms with Gasteiger partial charge < -0.3 is 29.2 Å². The van der Waals surface area contributed by atoms with Crippen molar-refractivity contribution >= 4 is 23.9 Å². The molecule has 0 bridgehead atoms. The third-order valence-electron chi connectivity index (χ3n) is 9.18. The van der Waals surface area contributed by atoms with E-state index in [1.54, 1.807) is 27.7 Å². The number of unbranched alkanes of at least 4 members (excludes halogenated alkanes) is 8. The van der Waals surface area contributed by atoms with Crippen LogP contribution in [0.15, 0.2) is 0 Å². The summed E-state index contributed by atoms with van der Waals surface area (Å²) in [5.41, 5.74) is -2.06. The van der Waals surface area contributed by atoms with Crippen molar-refractivity contribution in [3.05, 3.63) is 0 Å². The third kappa shape index (κ3) is 25.7. The summed E-state index contributed by atoms with van der Waals surface area (Å²) in [6, 6.07) is 0. The molecule has 0 heterocycles. The van der Waals surface area contributed by atoms with Crippen LogP contribution in [0.25, 0.3) is 0 Å². The van der Waals surface area contributed by atoms with Crippen LogP contribution in [0.5, 0.6) is 0 Å². The molecule has 0 atom stereocenters. The molecule has 0 aliphatic rings. The van der Waals surface area contributed by atoms with Crippen LogP contribution < -0.4 is 0 Å². The lowest BCUT2D eigenvalue weighted by Crippen LogP contribution is -2.26. The van der Waals surface area contributed by atoms with Crippen LogP contribution >= 0.6 is 0 Å². The number of carboxylic acids is 2. The standard InChI is InChI=1S/C22H42O5.C18H34O5/c1-7-26-19(23)21(3,4)15-11-9-13-17-25-18-14-10-12-16-22(5,6)20(24)27-8-2;1-17(2,15(19)20)11-7-5-9-13-23-14-10-6-8-12-18(3,4)16(21)22/h7-18H2,1-6H3;5-14H2,1-4H3,(H,19,20)(H,21,22). The summed E-state index contributed by atoms with van der Waals surface area (Å²) in [5, 5.41) is 18.0. The topological polar surface area (TPSA) is 146 Å². The molecule has 0 radical (unpaired) electrons. The van der Waals surface area contributed by atoms with Gasteiger partial charge >= 0.3 is 23.9 Å². The maximum atomic E-state index is 11.8. The van der Waals surface area contributed by atoms with Gasteiger partial charge in [-0.2, -0.15) is 0 Å². The second kappa shape index (κ2) is 27.5. The van der Waals surface area contributed by atoms with Crippen molar-refractivity contribution in [1.29, 1.82) is 0 Å². The molecule has 50 heavy (non-hydrogen) atoms. The first-order valence-corrected chi connectivity index (χ1v) is 19.2. The molecule has 0 aliphatic carbocycles. The smallest absolute Gasteiger partial charge is 0.311 e. The molecule has 296 valence electrons. The Morgan fingerprint density at radius 3 is 0.860 bits per heavy atom. The van der Waals surface area contributed by atoms with Gasteiger partial charge in [0.2, 0.25) is 0 Å². The molecule has 0 aliphatic heterocycles. The van der Waals surface area contributed by atoms with E-state index in [0.29, 0.717) is 39.3 Å². The van der Waals surface area contributed by atoms with Crippen molar-refractivity contribution in [2.24, 2.45) is 21.7 Å². The van der Waals surface area contributed by atoms with Crippen molar-refractivity contribution in [2.45, 2.75) is 172 Å². The Morgan fingerprint density at radius 2 is 0.640 bits per heavy atom. The molecular formula is C40H76O10. The molecule has 0 aromatic heterocycles. The molecule has 0 aromatic carbocycles. The lowest BCUT2D eigenvalue weighted by molar-refractivity contribution is -0.154. The zero-order valence-corrected chi connectivity index (χ0v) is 33.7. The average molecular weight is 717 g/mol. The summed E-state index contributed by atoms with van der Waals surface area (Å²) >= 11 is 0. The van der Waals surface area contributed by atoms with Gasteiger partial charge in [0.1, 0.15) is 0 Å². The fraction of sp³-hybridized carbons (Fsp3) is 0.900. The molecule has 0 unspecified atom stereocenters. The minimum atomic E-state index is -0.736. The molecule has 0 aromatic rings. The Morgan fingerprint density at radius 1 is 0.400 bits per heavy atom. The monoisotopic (exact) mass is 717 g/mol. The van der Waals surface area contributed by atoms with Crippen molar-refractivity contribution < 1.29 is 48.3 Å². The van der Waals surface area contributed by atoms with Crippen LogP contribution in [0.1, 0.15) is 172 Å². The summed E-state index contributed by atoms with van der Waals surface area (Å²) < 4.78 is 21.5. The number of aliphatic carboxylic acids is 2. The van der Waals surface area contributed by atoms with Gasteiger partial charge in [0.25, 0.3) is 0 Å². The van der Waals surface area contributed by atoms with Crippen molar-refractivity contribution in [2.75, 3.05) is 39.6 Å². The second-order valence-electron chi connectivity index (χ2n) is 16.1. The SMILES string of the molecule is CC(C)(CCCCCOCCCCCC(C)(C)C(=O)O)C(=O)O.CCOC(=O)C(C)(C)CCCCCOCCCCCC(C)(C)C(=O)OCC. The van der Waals surface area contributed by atoms with Crippen LogP contribution in [-0.4, -0.2) is 73.7 Å². The Kier molecular flexibility index (Phi) is 27.4. The minimum absolute atomic E-state index is 0.104. The number of ether oxygens (including phenoxy) is 4. The Labute approximate surface area is 305 Å². The summed E-state index contributed by atoms with van der Waals surface area (Å²) in [6.07, 6.45) is 15.0. The molecule has 0 spiro atoms. The van der Waals surface area contributed by atoms with E-state index in [1.165, 1.54) is 0 Å². The minimum Gasteiger partial charge on any atom is -0.481 e. The number of esters is 2. The van der Waals surface area contributed by atoms with Crippen LogP contribution in [0.3, 0.4) is 0 Å². The van der Waals surface area contributed by atoms with E-state index in [1.807, 2.05) is 41.5 Å². The number of carboxylic acid groups (broad SMARTS) is 2. The van der Waals surface area contributed by atoms with E-state index < -0.39 is 33.6 Å². The average Bonchev–Trinajstić information content (AvgIpc) is 3.02. The van der Waals surface area contributed by atoms with E-state index >= 15 is 0 Å². The lowest BCUT2D eigenvalue weighted by atomic mass is 9.87. The summed E-state index contributed by atoms with van der Waals surface area (Å²) in [6.45, 7) is 22.4. The van der Waals surface area contributed by atoms with Crippen LogP contribution in [0.4, 0.5) is 0 Å². The Bertz CT molecular complexity index is 851. The van der Waals surface area contributed by atoms with Crippen molar-refractivity contribution in [1.82, 2.24) is 0 Å². The predicted molar refractivity (Wildman–Crippen MR) is 199 cm³/mol. The van der Waals surface area contributed by atoms with Gasteiger partial charge in [-0.25, -0.2) is 0 Å². The molecule has 0 saturated heterocycles. The maximum Gasteiger partial charge on any atom is 0.311 e. The quantitative estimate of drug-likeness (QED) is 0.0544. The van der Waals surface area contributed by atoms with E-state index in [2.05, 4.69) is 0 Å². The zero-order chi connectivity index (χ0) is 38.7. The number of carbonyl (C=O) groups is 4. The molecule has 0 fully saturated rings. The van der Waals surface area contributed by atoms with Gasteiger partial charge in [-0.15, -0.1) is 0 Å². The largest absolute Gasteiger partial charge is 0.481 e. The van der Waals surface area contributed by atoms with Gasteiger partial charge in [0.05, 0.1) is 34.9 Å². The van der Waals surface area contributed by atoms with Crippen molar-refractivity contribution in [3.63, 3.8) is 0 Å². The van der Waals surface area contributed by atoms with Crippen LogP contribution in [0.2, 0.25) is 0 Å². The summed E-state index contributed by atoms with van der Waals surface area (Å²) in [4.78, 5) is 45.5. The Balaban J connectivity index is 0.